The van der Waals surface area contributed by atoms with Gasteiger partial charge in [-0.2, -0.15) is 0 Å². The summed E-state index contributed by atoms with van der Waals surface area (Å²) in [7, 11) is 1.69. The van der Waals surface area contributed by atoms with Gasteiger partial charge in [-0.25, -0.2) is 0 Å². The fourth-order valence-electron chi connectivity index (χ4n) is 3.84. The number of nitrogens with one attached hydrogen (secondary N) is 1. The largest absolute Gasteiger partial charge is 0.481 e. The van der Waals surface area contributed by atoms with Crippen LogP contribution in [0.2, 0.25) is 5.02 Å². The van der Waals surface area contributed by atoms with Crippen LogP contribution in [0.1, 0.15) is 29.5 Å². The molecule has 1 unspecified atom stereocenters. The molecule has 34 heavy (non-hydrogen) atoms. The van der Waals surface area contributed by atoms with E-state index >= 15 is 0 Å². The number of amides is 2. The molecule has 4 rings (SSSR count). The summed E-state index contributed by atoms with van der Waals surface area (Å²) in [5.74, 6) is -1.90. The van der Waals surface area contributed by atoms with Gasteiger partial charge in [0.25, 0.3) is 0 Å². The van der Waals surface area contributed by atoms with Crippen LogP contribution in [-0.2, 0) is 20.8 Å². The van der Waals surface area contributed by atoms with Gasteiger partial charge in [-0.1, -0.05) is 41.9 Å². The molecule has 3 aromatic rings. The summed E-state index contributed by atoms with van der Waals surface area (Å²) in [6.45, 7) is 1.49. The Morgan fingerprint density at radius 1 is 1.06 bits per heavy atom. The molecule has 8 heteroatoms. The van der Waals surface area contributed by atoms with Gasteiger partial charge in [-0.3, -0.25) is 19.4 Å². The summed E-state index contributed by atoms with van der Waals surface area (Å²) in [4.78, 5) is 42.1. The van der Waals surface area contributed by atoms with E-state index in [-0.39, 0.29) is 18.2 Å². The lowest BCUT2D eigenvalue weighted by Gasteiger charge is -2.16. The molecule has 0 aromatic heterocycles. The standard InChI is InChI=1S/C26H22ClN3O4/c1-15(31)30(2)20-10-8-19(9-11-20)28-25(17-5-3-16(4-6-17)13-23(32)33)24-21-12-7-18(27)14-22(21)29-26(24)34/h3-12,14,24H,13H2,1-2H3,(H,29,34)(H,32,33). The summed E-state index contributed by atoms with van der Waals surface area (Å²) in [5, 5.41) is 12.5. The number of benzene rings is 3. The number of anilines is 2. The Kier molecular flexibility index (Phi) is 6.47. The van der Waals surface area contributed by atoms with Crippen LogP contribution < -0.4 is 10.2 Å². The Morgan fingerprint density at radius 2 is 1.74 bits per heavy atom. The highest BCUT2D eigenvalue weighted by Gasteiger charge is 2.35. The molecular formula is C26H22ClN3O4. The zero-order chi connectivity index (χ0) is 24.4. The topological polar surface area (TPSA) is 99.1 Å². The average molecular weight is 476 g/mol. The Hall–Kier alpha value is -3.97. The van der Waals surface area contributed by atoms with Crippen molar-refractivity contribution < 1.29 is 19.5 Å². The molecule has 1 atom stereocenters. The monoisotopic (exact) mass is 475 g/mol. The third-order valence-corrected chi connectivity index (χ3v) is 5.92. The molecule has 2 amide bonds. The van der Waals surface area contributed by atoms with Crippen LogP contribution in [0, 0.1) is 0 Å². The van der Waals surface area contributed by atoms with Crippen molar-refractivity contribution in [3.05, 3.63) is 88.4 Å². The molecular weight excluding hydrogens is 454 g/mol. The van der Waals surface area contributed by atoms with Gasteiger partial charge in [-0.15, -0.1) is 0 Å². The fraction of sp³-hybridized carbons (Fsp3) is 0.154. The maximum absolute atomic E-state index is 13.0. The van der Waals surface area contributed by atoms with Crippen LogP contribution in [0.4, 0.5) is 17.1 Å². The number of hydrogen-bond donors (Lipinski definition) is 2. The third-order valence-electron chi connectivity index (χ3n) is 5.68. The molecule has 172 valence electrons. The lowest BCUT2D eigenvalue weighted by Crippen LogP contribution is -2.22. The molecule has 0 spiro atoms. The van der Waals surface area contributed by atoms with Crippen LogP contribution >= 0.6 is 11.6 Å². The van der Waals surface area contributed by atoms with E-state index in [1.165, 1.54) is 11.8 Å². The first-order chi connectivity index (χ1) is 16.2. The molecule has 1 aliphatic heterocycles. The third kappa shape index (κ3) is 4.84. The SMILES string of the molecule is CC(=O)N(C)c1ccc(N=C(c2ccc(CC(=O)O)cc2)C2C(=O)Nc3cc(Cl)ccc32)cc1. The first kappa shape index (κ1) is 23.2. The lowest BCUT2D eigenvalue weighted by atomic mass is 9.90. The summed E-state index contributed by atoms with van der Waals surface area (Å²) in [6.07, 6.45) is -0.0941. The summed E-state index contributed by atoms with van der Waals surface area (Å²) < 4.78 is 0. The van der Waals surface area contributed by atoms with Crippen LogP contribution in [0.15, 0.2) is 71.7 Å². The van der Waals surface area contributed by atoms with E-state index in [0.717, 1.165) is 11.3 Å². The van der Waals surface area contributed by atoms with Crippen molar-refractivity contribution in [2.45, 2.75) is 19.3 Å². The molecule has 0 fully saturated rings. The van der Waals surface area contributed by atoms with Gasteiger partial charge in [0, 0.05) is 30.4 Å². The number of nitrogens with zero attached hydrogens (tertiary/aromatic N) is 2. The number of carbonyl (C=O) groups excluding carboxylic acids is 2. The lowest BCUT2D eigenvalue weighted by molar-refractivity contribution is -0.136. The van der Waals surface area contributed by atoms with Crippen molar-refractivity contribution in [1.82, 2.24) is 0 Å². The van der Waals surface area contributed by atoms with Crippen molar-refractivity contribution in [1.29, 1.82) is 0 Å². The summed E-state index contributed by atoms with van der Waals surface area (Å²) >= 11 is 6.11. The number of rotatable bonds is 6. The maximum atomic E-state index is 13.0. The first-order valence-corrected chi connectivity index (χ1v) is 10.9. The van der Waals surface area contributed by atoms with E-state index < -0.39 is 11.9 Å². The van der Waals surface area contributed by atoms with Crippen molar-refractivity contribution in [2.75, 3.05) is 17.3 Å². The Morgan fingerprint density at radius 3 is 2.35 bits per heavy atom. The van der Waals surface area contributed by atoms with Gasteiger partial charge in [0.05, 0.1) is 17.8 Å². The van der Waals surface area contributed by atoms with Crippen molar-refractivity contribution in [2.24, 2.45) is 4.99 Å². The number of hydrogen-bond acceptors (Lipinski definition) is 4. The normalized spacial score (nSPS) is 15.0. The predicted molar refractivity (Wildman–Crippen MR) is 132 cm³/mol. The molecule has 7 nitrogen and oxygen atoms in total. The Bertz CT molecular complexity index is 1300. The van der Waals surface area contributed by atoms with Gasteiger partial charge >= 0.3 is 5.97 Å². The number of carbonyl (C=O) groups is 3. The van der Waals surface area contributed by atoms with E-state index in [2.05, 4.69) is 5.32 Å². The van der Waals surface area contributed by atoms with Gasteiger partial charge in [0.2, 0.25) is 11.8 Å². The van der Waals surface area contributed by atoms with Crippen LogP contribution in [0.25, 0.3) is 0 Å². The van der Waals surface area contributed by atoms with Crippen molar-refractivity contribution >= 4 is 52.2 Å². The quantitative estimate of drug-likeness (QED) is 0.500. The molecule has 0 bridgehead atoms. The van der Waals surface area contributed by atoms with Gasteiger partial charge < -0.3 is 15.3 Å². The zero-order valence-corrected chi connectivity index (χ0v) is 19.3. The van der Waals surface area contributed by atoms with Crippen LogP contribution in [0.3, 0.4) is 0 Å². The highest BCUT2D eigenvalue weighted by molar-refractivity contribution is 6.31. The maximum Gasteiger partial charge on any atom is 0.307 e. The highest BCUT2D eigenvalue weighted by atomic mass is 35.5. The molecule has 0 saturated heterocycles. The minimum Gasteiger partial charge on any atom is -0.481 e. The zero-order valence-electron chi connectivity index (χ0n) is 18.6. The molecule has 1 heterocycles. The van der Waals surface area contributed by atoms with E-state index in [4.69, 9.17) is 21.7 Å². The molecule has 0 aliphatic carbocycles. The smallest absolute Gasteiger partial charge is 0.307 e. The Labute approximate surface area is 201 Å². The van der Waals surface area contributed by atoms with E-state index in [1.807, 2.05) is 0 Å². The number of fused-ring (bicyclic) bond motifs is 1. The number of halogens is 1. The molecule has 3 aromatic carbocycles. The van der Waals surface area contributed by atoms with E-state index in [9.17, 15) is 14.4 Å². The molecule has 0 saturated carbocycles. The second-order valence-corrected chi connectivity index (χ2v) is 8.45. The summed E-state index contributed by atoms with van der Waals surface area (Å²) in [5.41, 5.74) is 4.60. The number of carboxylic acids is 1. The van der Waals surface area contributed by atoms with Gasteiger partial charge in [0.15, 0.2) is 0 Å². The summed E-state index contributed by atoms with van der Waals surface area (Å²) in [6, 6.07) is 19.4. The fourth-order valence-corrected chi connectivity index (χ4v) is 4.01. The first-order valence-electron chi connectivity index (χ1n) is 10.6. The van der Waals surface area contributed by atoms with Gasteiger partial charge in [-0.05, 0) is 53.1 Å². The number of aliphatic carboxylic acids is 1. The van der Waals surface area contributed by atoms with E-state index in [1.54, 1.807) is 73.8 Å². The van der Waals surface area contributed by atoms with Gasteiger partial charge in [0.1, 0.15) is 5.92 Å². The molecule has 0 radical (unpaired) electrons. The van der Waals surface area contributed by atoms with Crippen LogP contribution in [0.5, 0.6) is 0 Å². The van der Waals surface area contributed by atoms with Crippen LogP contribution in [-0.4, -0.2) is 35.6 Å². The minimum atomic E-state index is -0.918. The molecule has 2 N–H and O–H groups in total. The number of carboxylic acid groups (broad SMARTS) is 1. The average Bonchev–Trinajstić information content (AvgIpc) is 3.12. The molecule has 1 aliphatic rings. The van der Waals surface area contributed by atoms with Crippen molar-refractivity contribution in [3.8, 4) is 0 Å². The Balaban J connectivity index is 1.79. The predicted octanol–water partition coefficient (Wildman–Crippen LogP) is 4.81. The minimum absolute atomic E-state index is 0.0868. The van der Waals surface area contributed by atoms with Crippen molar-refractivity contribution in [3.63, 3.8) is 0 Å². The number of aliphatic imine (C=N–C) groups is 1. The highest BCUT2D eigenvalue weighted by Crippen LogP contribution is 2.38. The second-order valence-electron chi connectivity index (χ2n) is 8.01. The van der Waals surface area contributed by atoms with E-state index in [0.29, 0.717) is 33.2 Å². The second kappa shape index (κ2) is 9.49.